The van der Waals surface area contributed by atoms with Crippen LogP contribution in [0.1, 0.15) is 24.7 Å². The summed E-state index contributed by atoms with van der Waals surface area (Å²) in [6.07, 6.45) is 2.31. The van der Waals surface area contributed by atoms with Crippen LogP contribution in [-0.4, -0.2) is 10.1 Å². The first-order valence-electron chi connectivity index (χ1n) is 5.70. The van der Waals surface area contributed by atoms with E-state index in [4.69, 9.17) is 21.9 Å². The maximum Gasteiger partial charge on any atom is 0.259 e. The van der Waals surface area contributed by atoms with E-state index in [1.54, 1.807) is 0 Å². The monoisotopic (exact) mass is 375 g/mol. The highest BCUT2D eigenvalue weighted by Crippen LogP contribution is 2.39. The zero-order chi connectivity index (χ0) is 12.7. The molecule has 94 valence electrons. The first kappa shape index (κ1) is 12.4. The van der Waals surface area contributed by atoms with Crippen LogP contribution >= 0.6 is 34.2 Å². The van der Waals surface area contributed by atoms with Crippen molar-refractivity contribution in [3.8, 4) is 11.5 Å². The third-order valence-electron chi connectivity index (χ3n) is 3.03. The van der Waals surface area contributed by atoms with Crippen LogP contribution in [0, 0.1) is 9.49 Å². The standard InChI is InChI=1S/C12H11ClIN3O/c13-7-3-4-9(14)8(5-7)12-16-11(17-18-12)10(15)6-1-2-6/h3-6,10H,1-2,15H2. The minimum absolute atomic E-state index is 0.112. The summed E-state index contributed by atoms with van der Waals surface area (Å²) in [6.45, 7) is 0. The van der Waals surface area contributed by atoms with Crippen LogP contribution in [0.4, 0.5) is 0 Å². The molecule has 0 saturated heterocycles. The number of nitrogens with two attached hydrogens (primary N) is 1. The third-order valence-corrected chi connectivity index (χ3v) is 4.20. The van der Waals surface area contributed by atoms with Crippen LogP contribution in [0.25, 0.3) is 11.5 Å². The zero-order valence-corrected chi connectivity index (χ0v) is 12.4. The number of nitrogens with zero attached hydrogens (tertiary/aromatic N) is 2. The maximum atomic E-state index is 6.05. The lowest BCUT2D eigenvalue weighted by atomic mass is 10.2. The molecule has 1 heterocycles. The van der Waals surface area contributed by atoms with E-state index in [1.165, 1.54) is 0 Å². The molecule has 1 saturated carbocycles. The van der Waals surface area contributed by atoms with Crippen molar-refractivity contribution in [3.05, 3.63) is 32.6 Å². The lowest BCUT2D eigenvalue weighted by molar-refractivity contribution is 0.411. The fourth-order valence-electron chi connectivity index (χ4n) is 1.81. The van der Waals surface area contributed by atoms with Crippen molar-refractivity contribution >= 4 is 34.2 Å². The summed E-state index contributed by atoms with van der Waals surface area (Å²) >= 11 is 8.19. The second kappa shape index (κ2) is 4.79. The predicted molar refractivity (Wildman–Crippen MR) is 77.1 cm³/mol. The Morgan fingerprint density at radius 3 is 2.94 bits per heavy atom. The van der Waals surface area contributed by atoms with Crippen molar-refractivity contribution < 1.29 is 4.52 Å². The van der Waals surface area contributed by atoms with Crippen molar-refractivity contribution in [1.82, 2.24) is 10.1 Å². The lowest BCUT2D eigenvalue weighted by Crippen LogP contribution is -2.13. The molecule has 1 atom stereocenters. The van der Waals surface area contributed by atoms with E-state index in [-0.39, 0.29) is 6.04 Å². The highest BCUT2D eigenvalue weighted by atomic mass is 127. The van der Waals surface area contributed by atoms with Gasteiger partial charge in [0, 0.05) is 8.59 Å². The Kier molecular flexibility index (Phi) is 3.29. The van der Waals surface area contributed by atoms with Gasteiger partial charge in [0.1, 0.15) is 0 Å². The van der Waals surface area contributed by atoms with Gasteiger partial charge in [-0.1, -0.05) is 16.8 Å². The van der Waals surface area contributed by atoms with Gasteiger partial charge in [0.15, 0.2) is 5.82 Å². The Bertz CT molecular complexity index is 582. The third kappa shape index (κ3) is 2.39. The molecule has 1 unspecified atom stereocenters. The summed E-state index contributed by atoms with van der Waals surface area (Å²) in [4.78, 5) is 4.38. The van der Waals surface area contributed by atoms with Gasteiger partial charge in [0.2, 0.25) is 0 Å². The average molecular weight is 376 g/mol. The molecule has 2 aromatic rings. The van der Waals surface area contributed by atoms with Crippen molar-refractivity contribution in [2.75, 3.05) is 0 Å². The molecule has 6 heteroatoms. The van der Waals surface area contributed by atoms with Gasteiger partial charge in [0.25, 0.3) is 5.89 Å². The van der Waals surface area contributed by atoms with Crippen molar-refractivity contribution in [1.29, 1.82) is 0 Å². The summed E-state index contributed by atoms with van der Waals surface area (Å²) < 4.78 is 6.30. The maximum absolute atomic E-state index is 6.05. The molecule has 1 aromatic heterocycles. The van der Waals surface area contributed by atoms with E-state index in [2.05, 4.69) is 32.7 Å². The molecular weight excluding hydrogens is 365 g/mol. The van der Waals surface area contributed by atoms with Gasteiger partial charge >= 0.3 is 0 Å². The number of hydrogen-bond donors (Lipinski definition) is 1. The first-order chi connectivity index (χ1) is 8.65. The largest absolute Gasteiger partial charge is 0.334 e. The van der Waals surface area contributed by atoms with Crippen LogP contribution < -0.4 is 5.73 Å². The number of aromatic nitrogens is 2. The minimum Gasteiger partial charge on any atom is -0.334 e. The SMILES string of the molecule is NC(c1noc(-c2cc(Cl)ccc2I)n1)C1CC1. The van der Waals surface area contributed by atoms with Crippen LogP contribution in [0.2, 0.25) is 5.02 Å². The molecule has 1 aliphatic carbocycles. The lowest BCUT2D eigenvalue weighted by Gasteiger charge is -2.02. The predicted octanol–water partition coefficient (Wildman–Crippen LogP) is 3.40. The minimum atomic E-state index is -0.112. The van der Waals surface area contributed by atoms with E-state index in [1.807, 2.05) is 18.2 Å². The molecule has 1 fully saturated rings. The van der Waals surface area contributed by atoms with Crippen molar-refractivity contribution in [3.63, 3.8) is 0 Å². The summed E-state index contributed by atoms with van der Waals surface area (Å²) in [6, 6.07) is 5.46. The second-order valence-electron chi connectivity index (χ2n) is 4.45. The molecule has 1 aromatic carbocycles. The fourth-order valence-corrected chi connectivity index (χ4v) is 2.55. The molecular formula is C12H11ClIN3O. The molecule has 0 aliphatic heterocycles. The van der Waals surface area contributed by atoms with Gasteiger partial charge < -0.3 is 10.3 Å². The van der Waals surface area contributed by atoms with Gasteiger partial charge in [-0.15, -0.1) is 0 Å². The smallest absolute Gasteiger partial charge is 0.259 e. The van der Waals surface area contributed by atoms with Gasteiger partial charge in [-0.3, -0.25) is 0 Å². The normalized spacial score (nSPS) is 16.8. The number of benzene rings is 1. The molecule has 0 bridgehead atoms. The Morgan fingerprint density at radius 2 is 2.22 bits per heavy atom. The van der Waals surface area contributed by atoms with E-state index < -0.39 is 0 Å². The number of hydrogen-bond acceptors (Lipinski definition) is 4. The fraction of sp³-hybridized carbons (Fsp3) is 0.333. The topological polar surface area (TPSA) is 64.9 Å². The van der Waals surface area contributed by atoms with Crippen LogP contribution in [0.3, 0.4) is 0 Å². The summed E-state index contributed by atoms with van der Waals surface area (Å²) in [5, 5.41) is 4.62. The van der Waals surface area contributed by atoms with Crippen molar-refractivity contribution in [2.24, 2.45) is 11.7 Å². The Morgan fingerprint density at radius 1 is 1.44 bits per heavy atom. The average Bonchev–Trinajstić information content (AvgIpc) is 3.09. The van der Waals surface area contributed by atoms with Crippen molar-refractivity contribution in [2.45, 2.75) is 18.9 Å². The Hall–Kier alpha value is -0.660. The molecule has 1 aliphatic rings. The molecule has 3 rings (SSSR count). The molecule has 0 radical (unpaired) electrons. The Labute approximate surface area is 123 Å². The first-order valence-corrected chi connectivity index (χ1v) is 7.15. The summed E-state index contributed by atoms with van der Waals surface area (Å²) in [5.41, 5.74) is 6.90. The van der Waals surface area contributed by atoms with Gasteiger partial charge in [-0.2, -0.15) is 4.98 Å². The number of rotatable bonds is 3. The quantitative estimate of drug-likeness (QED) is 0.835. The van der Waals surface area contributed by atoms with E-state index in [0.717, 1.165) is 22.0 Å². The molecule has 2 N–H and O–H groups in total. The van der Waals surface area contributed by atoms with Crippen LogP contribution in [0.5, 0.6) is 0 Å². The molecule has 0 amide bonds. The van der Waals surface area contributed by atoms with E-state index in [9.17, 15) is 0 Å². The second-order valence-corrected chi connectivity index (χ2v) is 6.04. The highest BCUT2D eigenvalue weighted by molar-refractivity contribution is 14.1. The highest BCUT2D eigenvalue weighted by Gasteiger charge is 2.32. The van der Waals surface area contributed by atoms with E-state index >= 15 is 0 Å². The van der Waals surface area contributed by atoms with E-state index in [0.29, 0.717) is 22.7 Å². The van der Waals surface area contributed by atoms with Gasteiger partial charge in [-0.25, -0.2) is 0 Å². The summed E-state index contributed by atoms with van der Waals surface area (Å²) in [7, 11) is 0. The summed E-state index contributed by atoms with van der Waals surface area (Å²) in [5.74, 6) is 1.57. The van der Waals surface area contributed by atoms with Gasteiger partial charge in [0.05, 0.1) is 11.6 Å². The number of halogens is 2. The Balaban J connectivity index is 1.94. The molecule has 0 spiro atoms. The van der Waals surface area contributed by atoms with Gasteiger partial charge in [-0.05, 0) is 59.5 Å². The van der Waals surface area contributed by atoms with Crippen LogP contribution in [-0.2, 0) is 0 Å². The van der Waals surface area contributed by atoms with Crippen LogP contribution in [0.15, 0.2) is 22.7 Å². The molecule has 18 heavy (non-hydrogen) atoms. The molecule has 4 nitrogen and oxygen atoms in total. The zero-order valence-electron chi connectivity index (χ0n) is 9.44.